The summed E-state index contributed by atoms with van der Waals surface area (Å²) in [6.45, 7) is 2.57. The predicted octanol–water partition coefficient (Wildman–Crippen LogP) is 5.46. The van der Waals surface area contributed by atoms with Gasteiger partial charge in [0.15, 0.2) is 0 Å². The second-order valence-corrected chi connectivity index (χ2v) is 10.4. The van der Waals surface area contributed by atoms with E-state index in [-0.39, 0.29) is 28.7 Å². The van der Waals surface area contributed by atoms with E-state index in [1.165, 1.54) is 18.5 Å². The third kappa shape index (κ3) is 4.21. The molecule has 1 unspecified atom stereocenters. The van der Waals surface area contributed by atoms with Crippen LogP contribution in [-0.2, 0) is 15.4 Å². The monoisotopic (exact) mass is 454 g/mol. The van der Waals surface area contributed by atoms with Gasteiger partial charge < -0.3 is 14.8 Å². The number of benzene rings is 2. The quantitative estimate of drug-likeness (QED) is 0.554. The standard InChI is InChI=1S/C24H27FN4O2S/c1-14-9-16(29-32(2)3)11-19-23(14)24(27-13-26-19)28-18-8-7-15(25)10-21(18)31-22-12-30-20-6-4-5-17(20)22/h7-11,13,17,20,22H,4-6,12H2,1-3H3,(H,26,27,28)/t17?,20-,22-/m1/s1. The van der Waals surface area contributed by atoms with E-state index >= 15 is 0 Å². The van der Waals surface area contributed by atoms with Crippen LogP contribution in [0.1, 0.15) is 24.8 Å². The molecule has 0 radical (unpaired) electrons. The van der Waals surface area contributed by atoms with Gasteiger partial charge >= 0.3 is 0 Å². The molecule has 0 amide bonds. The van der Waals surface area contributed by atoms with Crippen molar-refractivity contribution in [2.75, 3.05) is 24.4 Å². The van der Waals surface area contributed by atoms with Gasteiger partial charge in [0.1, 0.15) is 29.8 Å². The summed E-state index contributed by atoms with van der Waals surface area (Å²) in [6.07, 6.45) is 9.21. The number of nitrogens with one attached hydrogen (secondary N) is 1. The molecule has 1 N–H and O–H groups in total. The molecule has 8 heteroatoms. The highest BCUT2D eigenvalue weighted by Crippen LogP contribution is 2.40. The largest absolute Gasteiger partial charge is 0.485 e. The van der Waals surface area contributed by atoms with Crippen LogP contribution in [-0.4, -0.2) is 41.3 Å². The number of hydrogen-bond acceptors (Lipinski definition) is 6. The van der Waals surface area contributed by atoms with E-state index in [0.29, 0.717) is 29.8 Å². The molecule has 2 aromatic carbocycles. The Morgan fingerprint density at radius 1 is 1.19 bits per heavy atom. The number of fused-ring (bicyclic) bond motifs is 2. The van der Waals surface area contributed by atoms with Gasteiger partial charge in [-0.25, -0.2) is 18.7 Å². The maximum Gasteiger partial charge on any atom is 0.146 e. The summed E-state index contributed by atoms with van der Waals surface area (Å²) in [6, 6.07) is 8.57. The molecule has 3 atom stereocenters. The molecule has 0 bridgehead atoms. The van der Waals surface area contributed by atoms with E-state index in [1.54, 1.807) is 6.07 Å². The Bertz CT molecular complexity index is 1200. The lowest BCUT2D eigenvalue weighted by Crippen LogP contribution is -2.26. The Kier molecular flexibility index (Phi) is 5.82. The number of nitrogens with zero attached hydrogens (tertiary/aromatic N) is 3. The zero-order valence-corrected chi connectivity index (χ0v) is 19.3. The molecule has 2 heterocycles. The smallest absolute Gasteiger partial charge is 0.146 e. The highest BCUT2D eigenvalue weighted by atomic mass is 32.2. The molecule has 2 fully saturated rings. The fourth-order valence-corrected chi connectivity index (χ4v) is 5.30. The number of aryl methyl sites for hydroxylation is 1. The van der Waals surface area contributed by atoms with Crippen LogP contribution in [0.3, 0.4) is 0 Å². The molecule has 1 aromatic heterocycles. The van der Waals surface area contributed by atoms with Crippen molar-refractivity contribution in [3.63, 3.8) is 0 Å². The molecule has 1 aliphatic carbocycles. The molecule has 168 valence electrons. The van der Waals surface area contributed by atoms with Gasteiger partial charge in [0.05, 0.1) is 29.6 Å². The third-order valence-electron chi connectivity index (χ3n) is 6.14. The zero-order chi connectivity index (χ0) is 22.2. The van der Waals surface area contributed by atoms with Crippen LogP contribution in [0.2, 0.25) is 0 Å². The van der Waals surface area contributed by atoms with Crippen molar-refractivity contribution < 1.29 is 13.9 Å². The van der Waals surface area contributed by atoms with Crippen molar-refractivity contribution in [1.82, 2.24) is 9.97 Å². The molecular formula is C24H27FN4O2S. The van der Waals surface area contributed by atoms with Crippen LogP contribution in [0.15, 0.2) is 41.0 Å². The second kappa shape index (κ2) is 8.75. The van der Waals surface area contributed by atoms with Crippen molar-refractivity contribution in [1.29, 1.82) is 0 Å². The first kappa shape index (κ1) is 21.3. The van der Waals surface area contributed by atoms with Crippen molar-refractivity contribution in [3.05, 3.63) is 48.0 Å². The summed E-state index contributed by atoms with van der Waals surface area (Å²) in [7, 11) is -0.0610. The van der Waals surface area contributed by atoms with Gasteiger partial charge in [-0.1, -0.05) is 6.42 Å². The minimum Gasteiger partial charge on any atom is -0.485 e. The third-order valence-corrected chi connectivity index (χ3v) is 6.71. The number of anilines is 2. The number of ether oxygens (including phenoxy) is 2. The van der Waals surface area contributed by atoms with Crippen LogP contribution in [0.4, 0.5) is 21.6 Å². The Labute approximate surface area is 189 Å². The maximum atomic E-state index is 14.1. The first-order chi connectivity index (χ1) is 15.5. The zero-order valence-electron chi connectivity index (χ0n) is 18.5. The van der Waals surface area contributed by atoms with Gasteiger partial charge in [-0.15, -0.1) is 10.7 Å². The Morgan fingerprint density at radius 3 is 2.91 bits per heavy atom. The van der Waals surface area contributed by atoms with Crippen molar-refractivity contribution in [3.8, 4) is 5.75 Å². The molecule has 3 aromatic rings. The summed E-state index contributed by atoms with van der Waals surface area (Å²) in [5.74, 6) is 1.17. The molecule has 1 saturated heterocycles. The van der Waals surface area contributed by atoms with Crippen LogP contribution in [0, 0.1) is 18.7 Å². The van der Waals surface area contributed by atoms with Crippen LogP contribution in [0.25, 0.3) is 10.9 Å². The lowest BCUT2D eigenvalue weighted by molar-refractivity contribution is 0.0917. The van der Waals surface area contributed by atoms with Gasteiger partial charge in [-0.2, -0.15) is 0 Å². The molecule has 6 nitrogen and oxygen atoms in total. The number of rotatable bonds is 5. The first-order valence-corrected chi connectivity index (χ1v) is 12.9. The van der Waals surface area contributed by atoms with Gasteiger partial charge in [0, 0.05) is 17.4 Å². The van der Waals surface area contributed by atoms with Crippen LogP contribution < -0.4 is 10.1 Å². The van der Waals surface area contributed by atoms with E-state index in [0.717, 1.165) is 41.4 Å². The molecular weight excluding hydrogens is 427 g/mol. The minimum atomic E-state index is -0.336. The Balaban J connectivity index is 1.48. The average Bonchev–Trinajstić information content (AvgIpc) is 3.34. The van der Waals surface area contributed by atoms with Crippen LogP contribution >= 0.6 is 0 Å². The van der Waals surface area contributed by atoms with E-state index < -0.39 is 0 Å². The lowest BCUT2D eigenvalue weighted by atomic mass is 10.0. The van der Waals surface area contributed by atoms with Gasteiger partial charge in [-0.3, -0.25) is 0 Å². The fraction of sp³-hybridized carbons (Fsp3) is 0.417. The van der Waals surface area contributed by atoms with Gasteiger partial charge in [0.25, 0.3) is 0 Å². The fourth-order valence-electron chi connectivity index (χ4n) is 4.77. The Morgan fingerprint density at radius 2 is 2.06 bits per heavy atom. The molecule has 0 spiro atoms. The van der Waals surface area contributed by atoms with Crippen molar-refractivity contribution in [2.45, 2.75) is 38.4 Å². The molecule has 32 heavy (non-hydrogen) atoms. The van der Waals surface area contributed by atoms with Crippen molar-refractivity contribution >= 4 is 38.8 Å². The maximum absolute atomic E-state index is 14.1. The summed E-state index contributed by atoms with van der Waals surface area (Å²) < 4.78 is 31.0. The summed E-state index contributed by atoms with van der Waals surface area (Å²) in [5, 5.41) is 4.28. The predicted molar refractivity (Wildman–Crippen MR) is 127 cm³/mol. The lowest BCUT2D eigenvalue weighted by Gasteiger charge is -2.21. The number of hydrogen-bond donors (Lipinski definition) is 1. The number of aromatic nitrogens is 2. The average molecular weight is 455 g/mol. The second-order valence-electron chi connectivity index (χ2n) is 8.63. The topological polar surface area (TPSA) is 68.6 Å². The summed E-state index contributed by atoms with van der Waals surface area (Å²) in [4.78, 5) is 8.93. The van der Waals surface area contributed by atoms with E-state index in [4.69, 9.17) is 9.47 Å². The molecule has 5 rings (SSSR count). The molecule has 1 aliphatic heterocycles. The summed E-state index contributed by atoms with van der Waals surface area (Å²) in [5.41, 5.74) is 3.42. The highest BCUT2D eigenvalue weighted by molar-refractivity contribution is 7.85. The Hall–Kier alpha value is -2.58. The van der Waals surface area contributed by atoms with Crippen LogP contribution in [0.5, 0.6) is 5.75 Å². The van der Waals surface area contributed by atoms with E-state index in [9.17, 15) is 4.39 Å². The highest BCUT2D eigenvalue weighted by Gasteiger charge is 2.42. The molecule has 1 saturated carbocycles. The SMILES string of the molecule is Cc1cc(N=S(C)C)cc2ncnc(Nc3ccc(F)cc3O[C@@H]3CO[C@@H]4CCCC43)c12. The van der Waals surface area contributed by atoms with E-state index in [2.05, 4.69) is 32.2 Å². The van der Waals surface area contributed by atoms with Gasteiger partial charge in [0.2, 0.25) is 0 Å². The first-order valence-electron chi connectivity index (χ1n) is 10.9. The summed E-state index contributed by atoms with van der Waals surface area (Å²) >= 11 is 0. The number of halogens is 1. The molecule has 2 aliphatic rings. The van der Waals surface area contributed by atoms with Gasteiger partial charge in [-0.05, 0) is 62.1 Å². The minimum absolute atomic E-state index is 0.0604. The van der Waals surface area contributed by atoms with E-state index in [1.807, 2.05) is 19.1 Å². The normalized spacial score (nSPS) is 22.3. The van der Waals surface area contributed by atoms with Crippen molar-refractivity contribution in [2.24, 2.45) is 10.3 Å².